The fourth-order valence-electron chi connectivity index (χ4n) is 2.44. The molecule has 0 radical (unpaired) electrons. The molecule has 1 N–H and O–H groups in total. The van der Waals surface area contributed by atoms with Gasteiger partial charge in [0.25, 0.3) is 5.91 Å². The van der Waals surface area contributed by atoms with Crippen LogP contribution in [0.5, 0.6) is 0 Å². The van der Waals surface area contributed by atoms with E-state index in [1.165, 1.54) is 18.9 Å². The Kier molecular flexibility index (Phi) is 8.72. The van der Waals surface area contributed by atoms with E-state index in [9.17, 15) is 14.4 Å². The van der Waals surface area contributed by atoms with Crippen LogP contribution in [0.15, 0.2) is 33.7 Å². The second-order valence-electron chi connectivity index (χ2n) is 6.19. The van der Waals surface area contributed by atoms with Gasteiger partial charge in [0.05, 0.1) is 18.4 Å². The first-order valence-electron chi connectivity index (χ1n) is 9.06. The normalized spacial score (nSPS) is 10.4. The van der Waals surface area contributed by atoms with Gasteiger partial charge in [-0.1, -0.05) is 17.3 Å². The minimum atomic E-state index is -0.573. The lowest BCUT2D eigenvalue weighted by molar-refractivity contribution is -0.140. The van der Waals surface area contributed by atoms with Gasteiger partial charge in [-0.2, -0.15) is 0 Å². The first-order valence-corrected chi connectivity index (χ1v) is 10.0. The molecule has 8 nitrogen and oxygen atoms in total. The van der Waals surface area contributed by atoms with Crippen molar-refractivity contribution >= 4 is 29.6 Å². The van der Waals surface area contributed by atoms with Crippen molar-refractivity contribution in [2.24, 2.45) is 0 Å². The Morgan fingerprint density at radius 1 is 1.21 bits per heavy atom. The summed E-state index contributed by atoms with van der Waals surface area (Å²) in [6.07, 6.45) is 0.667. The predicted molar refractivity (Wildman–Crippen MR) is 107 cm³/mol. The Morgan fingerprint density at radius 3 is 2.66 bits per heavy atom. The summed E-state index contributed by atoms with van der Waals surface area (Å²) in [6, 6.07) is 7.06. The number of nitrogens with zero attached hydrogens (tertiary/aromatic N) is 1. The Balaban J connectivity index is 1.84. The fourth-order valence-corrected chi connectivity index (χ4v) is 3.64. The number of rotatable bonds is 10. The van der Waals surface area contributed by atoms with Gasteiger partial charge in [-0.15, -0.1) is 11.8 Å². The number of aryl methyl sites for hydroxylation is 2. The number of aromatic nitrogens is 1. The average molecular weight is 420 g/mol. The van der Waals surface area contributed by atoms with E-state index < -0.39 is 11.9 Å². The zero-order valence-corrected chi connectivity index (χ0v) is 17.5. The van der Waals surface area contributed by atoms with Crippen molar-refractivity contribution in [2.45, 2.75) is 37.3 Å². The summed E-state index contributed by atoms with van der Waals surface area (Å²) in [6.45, 7) is 3.63. The zero-order valence-electron chi connectivity index (χ0n) is 16.6. The molecular formula is C20H24N2O6S. The molecule has 2 aromatic rings. The lowest BCUT2D eigenvalue weighted by Crippen LogP contribution is -2.30. The molecule has 0 spiro atoms. The molecule has 1 amide bonds. The molecule has 0 aliphatic heterocycles. The predicted octanol–water partition coefficient (Wildman–Crippen LogP) is 2.81. The number of amides is 1. The van der Waals surface area contributed by atoms with E-state index in [4.69, 9.17) is 9.26 Å². The maximum Gasteiger partial charge on any atom is 0.339 e. The van der Waals surface area contributed by atoms with Crippen LogP contribution in [0.25, 0.3) is 0 Å². The van der Waals surface area contributed by atoms with Crippen LogP contribution in [0.2, 0.25) is 0 Å². The second kappa shape index (κ2) is 11.3. The van der Waals surface area contributed by atoms with E-state index in [2.05, 4.69) is 15.2 Å². The van der Waals surface area contributed by atoms with Crippen LogP contribution in [-0.4, -0.2) is 43.3 Å². The highest BCUT2D eigenvalue weighted by Crippen LogP contribution is 2.29. The number of hydrogen-bond donors (Lipinski definition) is 1. The molecule has 156 valence electrons. The van der Waals surface area contributed by atoms with Gasteiger partial charge in [-0.05, 0) is 32.4 Å². The molecule has 1 aromatic carbocycles. The van der Waals surface area contributed by atoms with Crippen molar-refractivity contribution in [3.63, 3.8) is 0 Å². The number of ether oxygens (including phenoxy) is 2. The lowest BCUT2D eigenvalue weighted by Gasteiger charge is -2.10. The highest BCUT2D eigenvalue weighted by molar-refractivity contribution is 7.98. The molecular weight excluding hydrogens is 396 g/mol. The lowest BCUT2D eigenvalue weighted by atomic mass is 10.2. The van der Waals surface area contributed by atoms with Gasteiger partial charge in [-0.3, -0.25) is 9.59 Å². The number of nitrogens with one attached hydrogen (secondary N) is 1. The van der Waals surface area contributed by atoms with Gasteiger partial charge in [-0.25, -0.2) is 4.79 Å². The van der Waals surface area contributed by atoms with Crippen LogP contribution in [0.1, 0.15) is 40.2 Å². The van der Waals surface area contributed by atoms with Crippen molar-refractivity contribution in [1.29, 1.82) is 0 Å². The zero-order chi connectivity index (χ0) is 21.2. The molecule has 0 saturated heterocycles. The summed E-state index contributed by atoms with van der Waals surface area (Å²) in [5.74, 6) is 0.0162. The third-order valence-electron chi connectivity index (χ3n) is 4.10. The first kappa shape index (κ1) is 22.5. The standard InChI is InChI=1S/C20H24N2O6S/c1-13-16(14(2)28-22-13)12-29-17-8-5-4-7-15(17)20(25)27-11-18(23)21-10-6-9-19(24)26-3/h4-5,7-8H,6,9-12H2,1-3H3,(H,21,23). The van der Waals surface area contributed by atoms with Crippen LogP contribution < -0.4 is 5.32 Å². The highest BCUT2D eigenvalue weighted by atomic mass is 32.2. The summed E-state index contributed by atoms with van der Waals surface area (Å²) in [4.78, 5) is 36.0. The number of methoxy groups -OCH3 is 1. The van der Waals surface area contributed by atoms with Crippen LogP contribution >= 0.6 is 11.8 Å². The quantitative estimate of drug-likeness (QED) is 0.355. The monoisotopic (exact) mass is 420 g/mol. The van der Waals surface area contributed by atoms with Crippen molar-refractivity contribution in [3.8, 4) is 0 Å². The van der Waals surface area contributed by atoms with Crippen LogP contribution in [0.3, 0.4) is 0 Å². The van der Waals surface area contributed by atoms with Gasteiger partial charge < -0.3 is 19.3 Å². The molecule has 0 saturated carbocycles. The van der Waals surface area contributed by atoms with Crippen LogP contribution in [0.4, 0.5) is 0 Å². The summed E-state index contributed by atoms with van der Waals surface area (Å²) in [7, 11) is 1.31. The number of esters is 2. The second-order valence-corrected chi connectivity index (χ2v) is 7.21. The maximum absolute atomic E-state index is 12.4. The number of hydrogen-bond acceptors (Lipinski definition) is 8. The maximum atomic E-state index is 12.4. The van der Waals surface area contributed by atoms with E-state index in [-0.39, 0.29) is 19.0 Å². The van der Waals surface area contributed by atoms with Crippen molar-refractivity contribution < 1.29 is 28.4 Å². The first-order chi connectivity index (χ1) is 13.9. The number of carbonyl (C=O) groups is 3. The molecule has 1 heterocycles. The summed E-state index contributed by atoms with van der Waals surface area (Å²) >= 11 is 1.47. The molecule has 29 heavy (non-hydrogen) atoms. The molecule has 0 fully saturated rings. The van der Waals surface area contributed by atoms with Crippen LogP contribution in [0, 0.1) is 13.8 Å². The SMILES string of the molecule is COC(=O)CCCNC(=O)COC(=O)c1ccccc1SCc1c(C)noc1C. The smallest absolute Gasteiger partial charge is 0.339 e. The minimum Gasteiger partial charge on any atom is -0.469 e. The van der Waals surface area contributed by atoms with Gasteiger partial charge in [0.15, 0.2) is 6.61 Å². The van der Waals surface area contributed by atoms with Crippen molar-refractivity contribution in [1.82, 2.24) is 10.5 Å². The summed E-state index contributed by atoms with van der Waals surface area (Å²) in [5.41, 5.74) is 2.20. The highest BCUT2D eigenvalue weighted by Gasteiger charge is 2.16. The topological polar surface area (TPSA) is 108 Å². The van der Waals surface area contributed by atoms with E-state index in [1.807, 2.05) is 26.0 Å². The molecule has 0 aliphatic carbocycles. The molecule has 9 heteroatoms. The number of benzene rings is 1. The van der Waals surface area contributed by atoms with E-state index >= 15 is 0 Å². The minimum absolute atomic E-state index is 0.215. The van der Waals surface area contributed by atoms with E-state index in [0.29, 0.717) is 24.3 Å². The molecule has 0 atom stereocenters. The molecule has 1 aromatic heterocycles. The van der Waals surface area contributed by atoms with Crippen molar-refractivity contribution in [2.75, 3.05) is 20.3 Å². The summed E-state index contributed by atoms with van der Waals surface area (Å²) < 4.78 is 14.8. The Bertz CT molecular complexity index is 845. The third-order valence-corrected chi connectivity index (χ3v) is 5.20. The average Bonchev–Trinajstić information content (AvgIpc) is 3.05. The Labute approximate surface area is 173 Å². The van der Waals surface area contributed by atoms with Crippen molar-refractivity contribution in [3.05, 3.63) is 46.8 Å². The molecule has 0 unspecified atom stereocenters. The number of thioether (sulfide) groups is 1. The van der Waals surface area contributed by atoms with Gasteiger partial charge >= 0.3 is 11.9 Å². The van der Waals surface area contributed by atoms with Gasteiger partial charge in [0, 0.05) is 29.2 Å². The van der Waals surface area contributed by atoms with Gasteiger partial charge in [0.2, 0.25) is 0 Å². The molecule has 0 aliphatic rings. The summed E-state index contributed by atoms with van der Waals surface area (Å²) in [5, 5.41) is 6.52. The largest absolute Gasteiger partial charge is 0.469 e. The van der Waals surface area contributed by atoms with Crippen LogP contribution in [-0.2, 0) is 24.8 Å². The third kappa shape index (κ3) is 6.94. The van der Waals surface area contributed by atoms with Gasteiger partial charge in [0.1, 0.15) is 5.76 Å². The number of carbonyl (C=O) groups excluding carboxylic acids is 3. The van der Waals surface area contributed by atoms with E-state index in [0.717, 1.165) is 21.9 Å². The molecule has 2 rings (SSSR count). The van der Waals surface area contributed by atoms with E-state index in [1.54, 1.807) is 12.1 Å². The Hall–Kier alpha value is -2.81. The molecule has 0 bridgehead atoms. The Morgan fingerprint density at radius 2 is 1.97 bits per heavy atom. The fraction of sp³-hybridized carbons (Fsp3) is 0.400.